The van der Waals surface area contributed by atoms with Gasteiger partial charge in [0.2, 0.25) is 0 Å². The van der Waals surface area contributed by atoms with Crippen LogP contribution in [0.5, 0.6) is 0 Å². The van der Waals surface area contributed by atoms with Crippen molar-refractivity contribution in [1.82, 2.24) is 0 Å². The molecule has 0 spiro atoms. The summed E-state index contributed by atoms with van der Waals surface area (Å²) >= 11 is 6.45. The highest BCUT2D eigenvalue weighted by Crippen LogP contribution is 2.45. The van der Waals surface area contributed by atoms with Gasteiger partial charge in [-0.2, -0.15) is 0 Å². The fourth-order valence-corrected chi connectivity index (χ4v) is 4.09. The van der Waals surface area contributed by atoms with Gasteiger partial charge in [0.1, 0.15) is 0 Å². The predicted octanol–water partition coefficient (Wildman–Crippen LogP) is 5.43. The summed E-state index contributed by atoms with van der Waals surface area (Å²) in [5.41, 5.74) is -0.410. The molecule has 1 aliphatic rings. The molecule has 0 aliphatic heterocycles. The van der Waals surface area contributed by atoms with E-state index in [0.717, 1.165) is 25.3 Å². The Morgan fingerprint density at radius 1 is 1.10 bits per heavy atom. The molecule has 3 unspecified atom stereocenters. The molecule has 1 aromatic rings. The summed E-state index contributed by atoms with van der Waals surface area (Å²) in [4.78, 5) is 0. The number of halogens is 4. The number of rotatable bonds is 2. The Hall–Kier alpha value is -0.700. The van der Waals surface area contributed by atoms with Crippen LogP contribution in [0, 0.1) is 29.3 Å². The minimum atomic E-state index is -1.40. The first kappa shape index (κ1) is 15.7. The van der Waals surface area contributed by atoms with Gasteiger partial charge in [-0.15, -0.1) is 11.6 Å². The third-order valence-corrected chi connectivity index (χ3v) is 5.17. The minimum absolute atomic E-state index is 0.0553. The standard InChI is InChI=1S/C16H20ClF3/c1-9-4-5-10(12(17)8-9)16(2,3)11-6-7-13(18)15(20)14(11)19/h6-7,9-10,12H,4-5,8H2,1-3H3. The van der Waals surface area contributed by atoms with E-state index < -0.39 is 22.9 Å². The molecule has 0 nitrogen and oxygen atoms in total. The second kappa shape index (κ2) is 5.59. The van der Waals surface area contributed by atoms with E-state index in [9.17, 15) is 13.2 Å². The van der Waals surface area contributed by atoms with E-state index in [1.54, 1.807) is 0 Å². The first-order valence-electron chi connectivity index (χ1n) is 7.03. The molecule has 0 bridgehead atoms. The van der Waals surface area contributed by atoms with Crippen molar-refractivity contribution >= 4 is 11.6 Å². The molecular weight excluding hydrogens is 285 g/mol. The van der Waals surface area contributed by atoms with Gasteiger partial charge >= 0.3 is 0 Å². The zero-order chi connectivity index (χ0) is 15.1. The van der Waals surface area contributed by atoms with Crippen molar-refractivity contribution in [1.29, 1.82) is 0 Å². The van der Waals surface area contributed by atoms with E-state index in [-0.39, 0.29) is 16.9 Å². The first-order chi connectivity index (χ1) is 9.25. The topological polar surface area (TPSA) is 0 Å². The lowest BCUT2D eigenvalue weighted by molar-refractivity contribution is 0.202. The molecule has 2 rings (SSSR count). The molecule has 1 aliphatic carbocycles. The van der Waals surface area contributed by atoms with E-state index in [0.29, 0.717) is 5.92 Å². The van der Waals surface area contributed by atoms with Gasteiger partial charge in [-0.05, 0) is 41.7 Å². The predicted molar refractivity (Wildman–Crippen MR) is 75.5 cm³/mol. The van der Waals surface area contributed by atoms with E-state index >= 15 is 0 Å². The molecule has 20 heavy (non-hydrogen) atoms. The average Bonchev–Trinajstić information content (AvgIpc) is 2.35. The fraction of sp³-hybridized carbons (Fsp3) is 0.625. The lowest BCUT2D eigenvalue weighted by Crippen LogP contribution is -2.39. The summed E-state index contributed by atoms with van der Waals surface area (Å²) in [6.45, 7) is 5.87. The quantitative estimate of drug-likeness (QED) is 0.505. The fourth-order valence-electron chi connectivity index (χ4n) is 3.35. The minimum Gasteiger partial charge on any atom is -0.204 e. The van der Waals surface area contributed by atoms with Crippen LogP contribution in [0.25, 0.3) is 0 Å². The Labute approximate surface area is 123 Å². The van der Waals surface area contributed by atoms with E-state index in [4.69, 9.17) is 11.6 Å². The number of benzene rings is 1. The van der Waals surface area contributed by atoms with Crippen LogP contribution in [0.2, 0.25) is 0 Å². The van der Waals surface area contributed by atoms with Crippen molar-refractivity contribution < 1.29 is 13.2 Å². The zero-order valence-corrected chi connectivity index (χ0v) is 12.8. The van der Waals surface area contributed by atoms with Crippen molar-refractivity contribution in [2.75, 3.05) is 0 Å². The van der Waals surface area contributed by atoms with Gasteiger partial charge in [0, 0.05) is 5.38 Å². The summed E-state index contributed by atoms with van der Waals surface area (Å²) in [7, 11) is 0. The molecular formula is C16H20ClF3. The Balaban J connectivity index is 2.37. The lowest BCUT2D eigenvalue weighted by atomic mass is 9.65. The summed E-state index contributed by atoms with van der Waals surface area (Å²) in [5, 5.41) is -0.0683. The Kier molecular flexibility index (Phi) is 4.38. The summed E-state index contributed by atoms with van der Waals surface area (Å²) in [5.74, 6) is -3.02. The monoisotopic (exact) mass is 304 g/mol. The second-order valence-electron chi connectivity index (χ2n) is 6.49. The number of hydrogen-bond acceptors (Lipinski definition) is 0. The molecule has 0 heterocycles. The third kappa shape index (κ3) is 2.69. The van der Waals surface area contributed by atoms with Crippen molar-refractivity contribution in [3.8, 4) is 0 Å². The highest BCUT2D eigenvalue weighted by atomic mass is 35.5. The van der Waals surface area contributed by atoms with Crippen LogP contribution in [0.4, 0.5) is 13.2 Å². The average molecular weight is 305 g/mol. The summed E-state index contributed by atoms with van der Waals surface area (Å²) < 4.78 is 40.6. The SMILES string of the molecule is CC1CCC(C(C)(C)c2ccc(F)c(F)c2F)C(Cl)C1. The van der Waals surface area contributed by atoms with Gasteiger partial charge in [-0.3, -0.25) is 0 Å². The molecule has 0 saturated heterocycles. The Morgan fingerprint density at radius 2 is 1.75 bits per heavy atom. The van der Waals surface area contributed by atoms with E-state index in [1.165, 1.54) is 6.07 Å². The van der Waals surface area contributed by atoms with Gasteiger partial charge < -0.3 is 0 Å². The highest BCUT2D eigenvalue weighted by Gasteiger charge is 2.41. The van der Waals surface area contributed by atoms with Crippen molar-refractivity contribution in [3.63, 3.8) is 0 Å². The van der Waals surface area contributed by atoms with Crippen LogP contribution in [0.3, 0.4) is 0 Å². The van der Waals surface area contributed by atoms with E-state index in [1.807, 2.05) is 13.8 Å². The van der Waals surface area contributed by atoms with Crippen LogP contribution >= 0.6 is 11.6 Å². The maximum absolute atomic E-state index is 14.1. The molecule has 0 aromatic heterocycles. The molecule has 0 radical (unpaired) electrons. The van der Waals surface area contributed by atoms with Crippen LogP contribution < -0.4 is 0 Å². The van der Waals surface area contributed by atoms with E-state index in [2.05, 4.69) is 6.92 Å². The molecule has 4 heteroatoms. The first-order valence-corrected chi connectivity index (χ1v) is 7.46. The maximum Gasteiger partial charge on any atom is 0.194 e. The number of alkyl halides is 1. The van der Waals surface area contributed by atoms with Crippen molar-refractivity contribution in [3.05, 3.63) is 35.1 Å². The highest BCUT2D eigenvalue weighted by molar-refractivity contribution is 6.20. The molecule has 112 valence electrons. The van der Waals surface area contributed by atoms with Gasteiger partial charge in [0.05, 0.1) is 0 Å². The van der Waals surface area contributed by atoms with Crippen molar-refractivity contribution in [2.24, 2.45) is 11.8 Å². The Bertz CT molecular complexity index is 499. The number of hydrogen-bond donors (Lipinski definition) is 0. The maximum atomic E-state index is 14.1. The molecule has 3 atom stereocenters. The molecule has 0 N–H and O–H groups in total. The largest absolute Gasteiger partial charge is 0.204 e. The normalized spacial score (nSPS) is 27.6. The lowest BCUT2D eigenvalue weighted by Gasteiger charge is -2.42. The summed E-state index contributed by atoms with van der Waals surface area (Å²) in [6.07, 6.45) is 2.78. The molecule has 0 amide bonds. The molecule has 1 fully saturated rings. The molecule has 1 aromatic carbocycles. The zero-order valence-electron chi connectivity index (χ0n) is 12.0. The van der Waals surface area contributed by atoms with Crippen molar-refractivity contribution in [2.45, 2.75) is 50.8 Å². The van der Waals surface area contributed by atoms with Crippen LogP contribution in [-0.4, -0.2) is 5.38 Å². The smallest absolute Gasteiger partial charge is 0.194 e. The molecule has 1 saturated carbocycles. The second-order valence-corrected chi connectivity index (χ2v) is 7.05. The summed E-state index contributed by atoms with van der Waals surface area (Å²) in [6, 6.07) is 2.33. The Morgan fingerprint density at radius 3 is 2.35 bits per heavy atom. The van der Waals surface area contributed by atoms with Gasteiger partial charge in [-0.25, -0.2) is 13.2 Å². The van der Waals surface area contributed by atoms with Crippen LogP contribution in [0.1, 0.15) is 45.6 Å². The van der Waals surface area contributed by atoms with Gasteiger partial charge in [0.15, 0.2) is 17.5 Å². The van der Waals surface area contributed by atoms with Crippen LogP contribution in [-0.2, 0) is 5.41 Å². The van der Waals surface area contributed by atoms with Gasteiger partial charge in [0.25, 0.3) is 0 Å². The van der Waals surface area contributed by atoms with Crippen LogP contribution in [0.15, 0.2) is 12.1 Å². The third-order valence-electron chi connectivity index (χ3n) is 4.69. The van der Waals surface area contributed by atoms with Gasteiger partial charge in [-0.1, -0.05) is 33.3 Å².